The molecule has 11 heavy (non-hydrogen) atoms. The minimum Gasteiger partial charge on any atom is -0.434 e. The molecule has 2 bridgehead atoms. The van der Waals surface area contributed by atoms with Gasteiger partial charge in [-0.2, -0.15) is 0 Å². The molecule has 3 rings (SSSR count). The first-order valence-electron chi connectivity index (χ1n) is 4.07. The first kappa shape index (κ1) is 6.00. The second-order valence-electron chi connectivity index (χ2n) is 3.50. The molecule has 1 aromatic rings. The molecule has 2 unspecified atom stereocenters. The summed E-state index contributed by atoms with van der Waals surface area (Å²) in [4.78, 5) is 3.70. The van der Waals surface area contributed by atoms with Gasteiger partial charge in [0, 0.05) is 11.8 Å². The summed E-state index contributed by atoms with van der Waals surface area (Å²) in [5, 5.41) is 0. The van der Waals surface area contributed by atoms with E-state index in [0.717, 1.165) is 11.7 Å². The van der Waals surface area contributed by atoms with Crippen LogP contribution in [-0.4, -0.2) is 4.98 Å². The van der Waals surface area contributed by atoms with E-state index in [9.17, 15) is 0 Å². The Hall–Kier alpha value is -0.570. The normalized spacial score (nSPS) is 32.7. The van der Waals surface area contributed by atoms with E-state index in [1.807, 2.05) is 0 Å². The lowest BCUT2D eigenvalue weighted by Crippen LogP contribution is -1.94. The van der Waals surface area contributed by atoms with Gasteiger partial charge in [0.2, 0.25) is 0 Å². The highest BCUT2D eigenvalue weighted by atomic mass is 32.1. The van der Waals surface area contributed by atoms with E-state index >= 15 is 0 Å². The van der Waals surface area contributed by atoms with Crippen molar-refractivity contribution >= 4 is 12.2 Å². The quantitative estimate of drug-likeness (QED) is 0.602. The number of fused-ring (bicyclic) bond motifs is 5. The van der Waals surface area contributed by atoms with Crippen LogP contribution in [0, 0.1) is 4.84 Å². The van der Waals surface area contributed by atoms with Gasteiger partial charge in [-0.3, -0.25) is 0 Å². The Labute approximate surface area is 69.6 Å². The van der Waals surface area contributed by atoms with Gasteiger partial charge >= 0.3 is 0 Å². The van der Waals surface area contributed by atoms with Gasteiger partial charge in [-0.25, -0.2) is 0 Å². The Morgan fingerprint density at radius 2 is 2.18 bits per heavy atom. The summed E-state index contributed by atoms with van der Waals surface area (Å²) in [5.74, 6) is 2.57. The molecule has 2 atom stereocenters. The van der Waals surface area contributed by atoms with Gasteiger partial charge < -0.3 is 9.40 Å². The summed E-state index contributed by atoms with van der Waals surface area (Å²) in [6, 6.07) is 0. The maximum atomic E-state index is 5.42. The number of oxazole rings is 1. The lowest BCUT2D eigenvalue weighted by Gasteiger charge is -2.05. The number of hydrogen-bond acceptors (Lipinski definition) is 2. The van der Waals surface area contributed by atoms with Gasteiger partial charge in [0.25, 0.3) is 4.84 Å². The number of H-pyrrole nitrogens is 1. The highest BCUT2D eigenvalue weighted by molar-refractivity contribution is 7.71. The second kappa shape index (κ2) is 1.78. The number of hydrogen-bond donors (Lipinski definition) is 1. The largest absolute Gasteiger partial charge is 0.434 e. The van der Waals surface area contributed by atoms with E-state index in [1.165, 1.54) is 25.0 Å². The first-order valence-corrected chi connectivity index (χ1v) is 4.48. The Balaban J connectivity index is 2.29. The van der Waals surface area contributed by atoms with Crippen molar-refractivity contribution in [3.8, 4) is 0 Å². The third kappa shape index (κ3) is 0.644. The molecular formula is C8H9NOS. The summed E-state index contributed by atoms with van der Waals surface area (Å²) >= 11 is 4.93. The predicted octanol–water partition coefficient (Wildman–Crippen LogP) is 2.70. The summed E-state index contributed by atoms with van der Waals surface area (Å²) < 4.78 is 5.42. The molecule has 0 saturated heterocycles. The van der Waals surface area contributed by atoms with E-state index in [4.69, 9.17) is 16.6 Å². The van der Waals surface area contributed by atoms with Crippen molar-refractivity contribution in [2.45, 2.75) is 31.1 Å². The van der Waals surface area contributed by atoms with Gasteiger partial charge in [0.05, 0.1) is 5.69 Å². The van der Waals surface area contributed by atoms with Crippen LogP contribution >= 0.6 is 12.2 Å². The average Bonchev–Trinajstić information content (AvgIpc) is 2.53. The Bertz CT molecular complexity index is 321. The summed E-state index contributed by atoms with van der Waals surface area (Å²) in [6.45, 7) is 0. The average molecular weight is 167 g/mol. The van der Waals surface area contributed by atoms with Crippen LogP contribution in [0.15, 0.2) is 4.42 Å². The minimum absolute atomic E-state index is 0.562. The van der Waals surface area contributed by atoms with Crippen molar-refractivity contribution in [1.82, 2.24) is 4.98 Å². The molecule has 0 aliphatic heterocycles. The number of aromatic amines is 1. The molecule has 1 heterocycles. The van der Waals surface area contributed by atoms with Gasteiger partial charge in [-0.05, 0) is 31.5 Å². The molecule has 0 aromatic carbocycles. The van der Waals surface area contributed by atoms with Gasteiger partial charge in [-0.15, -0.1) is 0 Å². The zero-order valence-electron chi connectivity index (χ0n) is 6.09. The van der Waals surface area contributed by atoms with Gasteiger partial charge in [0.1, 0.15) is 5.76 Å². The monoisotopic (exact) mass is 167 g/mol. The lowest BCUT2D eigenvalue weighted by atomic mass is 10.0. The lowest BCUT2D eigenvalue weighted by molar-refractivity contribution is 0.455. The van der Waals surface area contributed by atoms with E-state index in [2.05, 4.69) is 4.98 Å². The van der Waals surface area contributed by atoms with Crippen LogP contribution in [0.5, 0.6) is 0 Å². The van der Waals surface area contributed by atoms with Crippen molar-refractivity contribution in [2.24, 2.45) is 0 Å². The molecular weight excluding hydrogens is 158 g/mol. The van der Waals surface area contributed by atoms with Gasteiger partial charge in [-0.1, -0.05) is 0 Å². The van der Waals surface area contributed by atoms with Crippen LogP contribution < -0.4 is 0 Å². The second-order valence-corrected chi connectivity index (χ2v) is 3.87. The molecule has 3 heteroatoms. The Kier molecular flexibility index (Phi) is 0.969. The highest BCUT2D eigenvalue weighted by Crippen LogP contribution is 2.52. The maximum absolute atomic E-state index is 5.42. The summed E-state index contributed by atoms with van der Waals surface area (Å²) in [7, 11) is 0. The van der Waals surface area contributed by atoms with Crippen molar-refractivity contribution < 1.29 is 4.42 Å². The van der Waals surface area contributed by atoms with Crippen LogP contribution in [0.4, 0.5) is 0 Å². The molecule has 2 nitrogen and oxygen atoms in total. The van der Waals surface area contributed by atoms with E-state index < -0.39 is 0 Å². The SMILES string of the molecule is S=c1[nH]c2c(o1)C1CCC2C1. The van der Waals surface area contributed by atoms with Crippen molar-refractivity contribution in [3.05, 3.63) is 16.3 Å². The summed E-state index contributed by atoms with van der Waals surface area (Å²) in [6.07, 6.45) is 3.91. The van der Waals surface area contributed by atoms with Gasteiger partial charge in [0.15, 0.2) is 0 Å². The number of aromatic nitrogens is 1. The molecule has 58 valence electrons. The predicted molar refractivity (Wildman–Crippen MR) is 43.2 cm³/mol. The first-order chi connectivity index (χ1) is 5.34. The van der Waals surface area contributed by atoms with Crippen molar-refractivity contribution in [2.75, 3.05) is 0 Å². The molecule has 2 aliphatic rings. The topological polar surface area (TPSA) is 28.9 Å². The fraction of sp³-hybridized carbons (Fsp3) is 0.625. The third-order valence-corrected chi connectivity index (χ3v) is 3.10. The molecule has 2 aliphatic carbocycles. The molecule has 0 radical (unpaired) electrons. The molecule has 1 N–H and O–H groups in total. The highest BCUT2D eigenvalue weighted by Gasteiger charge is 2.40. The Morgan fingerprint density at radius 1 is 1.36 bits per heavy atom. The van der Waals surface area contributed by atoms with Crippen LogP contribution in [0.1, 0.15) is 42.6 Å². The van der Waals surface area contributed by atoms with Crippen molar-refractivity contribution in [1.29, 1.82) is 0 Å². The van der Waals surface area contributed by atoms with E-state index in [-0.39, 0.29) is 0 Å². The van der Waals surface area contributed by atoms with Crippen LogP contribution in [0.25, 0.3) is 0 Å². The zero-order chi connectivity index (χ0) is 7.42. The number of nitrogens with one attached hydrogen (secondary N) is 1. The van der Waals surface area contributed by atoms with Crippen LogP contribution in [0.2, 0.25) is 0 Å². The molecule has 0 amide bonds. The molecule has 1 fully saturated rings. The minimum atomic E-state index is 0.562. The Morgan fingerprint density at radius 3 is 3.00 bits per heavy atom. The maximum Gasteiger partial charge on any atom is 0.266 e. The number of rotatable bonds is 0. The zero-order valence-corrected chi connectivity index (χ0v) is 6.91. The fourth-order valence-electron chi connectivity index (χ4n) is 2.44. The van der Waals surface area contributed by atoms with Crippen LogP contribution in [0.3, 0.4) is 0 Å². The smallest absolute Gasteiger partial charge is 0.266 e. The van der Waals surface area contributed by atoms with Crippen molar-refractivity contribution in [3.63, 3.8) is 0 Å². The third-order valence-electron chi connectivity index (χ3n) is 2.92. The standard InChI is InChI=1S/C8H9NOS/c11-8-9-6-4-1-2-5(3-4)7(6)10-8/h4-5H,1-3H2,(H,9,11). The molecule has 1 saturated carbocycles. The molecule has 0 spiro atoms. The summed E-state index contributed by atoms with van der Waals surface area (Å²) in [5.41, 5.74) is 1.30. The van der Waals surface area contributed by atoms with E-state index in [0.29, 0.717) is 10.8 Å². The van der Waals surface area contributed by atoms with Crippen LogP contribution in [-0.2, 0) is 0 Å². The molecule has 1 aromatic heterocycles. The fourth-order valence-corrected chi connectivity index (χ4v) is 2.64. The van der Waals surface area contributed by atoms with E-state index in [1.54, 1.807) is 0 Å².